The van der Waals surface area contributed by atoms with Crippen molar-refractivity contribution in [2.24, 2.45) is 0 Å². The lowest BCUT2D eigenvalue weighted by Crippen LogP contribution is -2.33. The third-order valence-electron chi connectivity index (χ3n) is 4.46. The van der Waals surface area contributed by atoms with Crippen LogP contribution in [0.3, 0.4) is 0 Å². The summed E-state index contributed by atoms with van der Waals surface area (Å²) in [5, 5.41) is 0. The van der Waals surface area contributed by atoms with Crippen molar-refractivity contribution < 1.29 is 14.2 Å². The molecule has 4 atom stereocenters. The molecule has 2 aliphatic rings. The maximum Gasteiger partial charge on any atom is 0.107 e. The average molecular weight is 310 g/mol. The molecule has 0 N–H and O–H groups in total. The number of rotatable bonds is 8. The first-order chi connectivity index (χ1) is 11.4. The Balaban J connectivity index is 1.43. The van der Waals surface area contributed by atoms with Crippen LogP contribution >= 0.6 is 0 Å². The highest BCUT2D eigenvalue weighted by atomic mass is 16.6. The number of hydrogen-bond donors (Lipinski definition) is 0. The Morgan fingerprint density at radius 2 is 1.13 bits per heavy atom. The third kappa shape index (κ3) is 4.20. The van der Waals surface area contributed by atoms with E-state index >= 15 is 0 Å². The summed E-state index contributed by atoms with van der Waals surface area (Å²) >= 11 is 0. The van der Waals surface area contributed by atoms with Gasteiger partial charge < -0.3 is 14.2 Å². The predicted molar refractivity (Wildman–Crippen MR) is 88.4 cm³/mol. The maximum atomic E-state index is 6.46. The lowest BCUT2D eigenvalue weighted by Gasteiger charge is -2.23. The van der Waals surface area contributed by atoms with E-state index in [2.05, 4.69) is 48.5 Å². The van der Waals surface area contributed by atoms with Gasteiger partial charge in [0.2, 0.25) is 0 Å². The van der Waals surface area contributed by atoms with Gasteiger partial charge in [0, 0.05) is 12.8 Å². The average Bonchev–Trinajstić information content (AvgIpc) is 3.49. The lowest BCUT2D eigenvalue weighted by molar-refractivity contribution is -0.0369. The van der Waals surface area contributed by atoms with Crippen LogP contribution in [-0.2, 0) is 27.1 Å². The Kier molecular flexibility index (Phi) is 4.42. The molecule has 2 aliphatic heterocycles. The van der Waals surface area contributed by atoms with Crippen LogP contribution in [0.15, 0.2) is 60.7 Å². The van der Waals surface area contributed by atoms with Gasteiger partial charge >= 0.3 is 0 Å². The molecule has 0 radical (unpaired) electrons. The van der Waals surface area contributed by atoms with Crippen LogP contribution in [0, 0.1) is 0 Å². The van der Waals surface area contributed by atoms with Crippen LogP contribution < -0.4 is 0 Å². The summed E-state index contributed by atoms with van der Waals surface area (Å²) in [4.78, 5) is 0. The summed E-state index contributed by atoms with van der Waals surface area (Å²) in [7, 11) is 0. The van der Waals surface area contributed by atoms with Gasteiger partial charge in [-0.3, -0.25) is 0 Å². The minimum absolute atomic E-state index is 0.107. The van der Waals surface area contributed by atoms with Gasteiger partial charge in [0.05, 0.1) is 25.4 Å². The van der Waals surface area contributed by atoms with E-state index in [9.17, 15) is 0 Å². The molecule has 0 bridgehead atoms. The Bertz CT molecular complexity index is 550. The fraction of sp³-hybridized carbons (Fsp3) is 0.400. The highest BCUT2D eigenvalue weighted by molar-refractivity contribution is 5.18. The van der Waals surface area contributed by atoms with Gasteiger partial charge in [-0.15, -0.1) is 0 Å². The molecule has 120 valence electrons. The number of ether oxygens (including phenoxy) is 3. The van der Waals surface area contributed by atoms with Gasteiger partial charge in [0.15, 0.2) is 0 Å². The molecule has 2 unspecified atom stereocenters. The Morgan fingerprint density at radius 3 is 1.48 bits per heavy atom. The first-order valence-electron chi connectivity index (χ1n) is 8.35. The van der Waals surface area contributed by atoms with Gasteiger partial charge in [-0.05, 0) is 11.1 Å². The molecule has 0 amide bonds. The molecule has 2 saturated heterocycles. The predicted octanol–water partition coefficient (Wildman–Crippen LogP) is 3.02. The largest absolute Gasteiger partial charge is 0.370 e. The van der Waals surface area contributed by atoms with Gasteiger partial charge in [-0.25, -0.2) is 0 Å². The van der Waals surface area contributed by atoms with Crippen LogP contribution in [0.4, 0.5) is 0 Å². The minimum Gasteiger partial charge on any atom is -0.370 e. The second kappa shape index (κ2) is 6.83. The van der Waals surface area contributed by atoms with Crippen molar-refractivity contribution in [3.05, 3.63) is 71.8 Å². The van der Waals surface area contributed by atoms with Crippen LogP contribution in [0.1, 0.15) is 11.1 Å². The van der Waals surface area contributed by atoms with E-state index in [4.69, 9.17) is 14.2 Å². The summed E-state index contributed by atoms with van der Waals surface area (Å²) in [6.45, 7) is 1.61. The SMILES string of the molecule is c1ccc(CC(OC(Cc2ccccc2)[C@@H]2CO2)[C@@H]2CO2)cc1. The van der Waals surface area contributed by atoms with E-state index < -0.39 is 0 Å². The van der Waals surface area contributed by atoms with Crippen molar-refractivity contribution in [1.82, 2.24) is 0 Å². The Hall–Kier alpha value is -1.68. The van der Waals surface area contributed by atoms with Gasteiger partial charge in [0.1, 0.15) is 12.2 Å². The maximum absolute atomic E-state index is 6.46. The fourth-order valence-corrected chi connectivity index (χ4v) is 2.99. The first-order valence-corrected chi connectivity index (χ1v) is 8.35. The molecule has 0 spiro atoms. The highest BCUT2D eigenvalue weighted by Crippen LogP contribution is 2.28. The third-order valence-corrected chi connectivity index (χ3v) is 4.46. The van der Waals surface area contributed by atoms with Crippen molar-refractivity contribution in [3.8, 4) is 0 Å². The van der Waals surface area contributed by atoms with E-state index in [0.717, 1.165) is 26.1 Å². The van der Waals surface area contributed by atoms with Crippen molar-refractivity contribution in [2.75, 3.05) is 13.2 Å². The van der Waals surface area contributed by atoms with Crippen molar-refractivity contribution in [1.29, 1.82) is 0 Å². The van der Waals surface area contributed by atoms with E-state index in [1.165, 1.54) is 11.1 Å². The zero-order valence-electron chi connectivity index (χ0n) is 13.1. The smallest absolute Gasteiger partial charge is 0.107 e. The molecule has 3 heteroatoms. The molecular weight excluding hydrogens is 288 g/mol. The number of benzene rings is 2. The van der Waals surface area contributed by atoms with Crippen LogP contribution in [0.2, 0.25) is 0 Å². The molecule has 2 aromatic carbocycles. The minimum atomic E-state index is 0.107. The summed E-state index contributed by atoms with van der Waals surface area (Å²) in [6, 6.07) is 21.0. The number of hydrogen-bond acceptors (Lipinski definition) is 3. The van der Waals surface area contributed by atoms with Crippen molar-refractivity contribution >= 4 is 0 Å². The number of epoxide rings is 2. The molecule has 0 aliphatic carbocycles. The second-order valence-electron chi connectivity index (χ2n) is 6.34. The Morgan fingerprint density at radius 1 is 0.739 bits per heavy atom. The fourth-order valence-electron chi connectivity index (χ4n) is 2.99. The van der Waals surface area contributed by atoms with Gasteiger partial charge in [-0.1, -0.05) is 60.7 Å². The van der Waals surface area contributed by atoms with Crippen molar-refractivity contribution in [2.45, 2.75) is 37.3 Å². The van der Waals surface area contributed by atoms with E-state index in [1.807, 2.05) is 12.1 Å². The molecule has 3 nitrogen and oxygen atoms in total. The molecule has 0 saturated carbocycles. The zero-order valence-corrected chi connectivity index (χ0v) is 13.1. The van der Waals surface area contributed by atoms with Crippen molar-refractivity contribution in [3.63, 3.8) is 0 Å². The molecule has 4 rings (SSSR count). The van der Waals surface area contributed by atoms with Crippen LogP contribution in [0.5, 0.6) is 0 Å². The highest BCUT2D eigenvalue weighted by Gasteiger charge is 2.40. The molecule has 0 aromatic heterocycles. The quantitative estimate of drug-likeness (QED) is 0.703. The molecule has 2 aromatic rings. The molecular formula is C20H22O3. The summed E-state index contributed by atoms with van der Waals surface area (Å²) in [5.74, 6) is 0. The van der Waals surface area contributed by atoms with E-state index in [-0.39, 0.29) is 24.4 Å². The van der Waals surface area contributed by atoms with Gasteiger partial charge in [0.25, 0.3) is 0 Å². The van der Waals surface area contributed by atoms with E-state index in [1.54, 1.807) is 0 Å². The molecule has 2 fully saturated rings. The lowest BCUT2D eigenvalue weighted by atomic mass is 10.0. The zero-order chi connectivity index (χ0) is 15.5. The monoisotopic (exact) mass is 310 g/mol. The molecule has 2 heterocycles. The van der Waals surface area contributed by atoms with Gasteiger partial charge in [-0.2, -0.15) is 0 Å². The summed E-state index contributed by atoms with van der Waals surface area (Å²) in [5.41, 5.74) is 2.59. The molecule has 23 heavy (non-hydrogen) atoms. The summed E-state index contributed by atoms with van der Waals surface area (Å²) < 4.78 is 17.5. The standard InChI is InChI=1S/C20H22O3/c1-3-7-15(8-4-1)11-17(19-13-21-19)23-18(20-14-22-20)12-16-9-5-2-6-10-16/h1-10,17-20H,11-14H2/t17?,18?,19-,20-/m0/s1. The second-order valence-corrected chi connectivity index (χ2v) is 6.34. The topological polar surface area (TPSA) is 34.3 Å². The Labute approximate surface area is 137 Å². The van der Waals surface area contributed by atoms with E-state index in [0.29, 0.717) is 0 Å². The van der Waals surface area contributed by atoms with Crippen LogP contribution in [-0.4, -0.2) is 37.6 Å². The summed E-state index contributed by atoms with van der Waals surface area (Å²) in [6.07, 6.45) is 2.46. The van der Waals surface area contributed by atoms with Crippen LogP contribution in [0.25, 0.3) is 0 Å². The normalized spacial score (nSPS) is 24.9. The first kappa shape index (κ1) is 14.9.